The molecule has 1 saturated heterocycles. The molecular weight excluding hydrogens is 276 g/mol. The van der Waals surface area contributed by atoms with E-state index in [0.29, 0.717) is 5.56 Å². The highest BCUT2D eigenvalue weighted by molar-refractivity contribution is 5.94. The van der Waals surface area contributed by atoms with Crippen molar-refractivity contribution < 1.29 is 9.53 Å². The van der Waals surface area contributed by atoms with Crippen LogP contribution in [0, 0.1) is 0 Å². The lowest BCUT2D eigenvalue weighted by molar-refractivity contribution is 0.0736. The minimum atomic E-state index is 0.0970. The summed E-state index contributed by atoms with van der Waals surface area (Å²) in [5.41, 5.74) is 1.87. The minimum Gasteiger partial charge on any atom is -0.496 e. The second-order valence-electron chi connectivity index (χ2n) is 5.55. The second-order valence-corrected chi connectivity index (χ2v) is 5.55. The first-order valence-electron chi connectivity index (χ1n) is 7.62. The Morgan fingerprint density at radius 1 is 1.27 bits per heavy atom. The smallest absolute Gasteiger partial charge is 0.254 e. The van der Waals surface area contributed by atoms with E-state index in [0.717, 1.165) is 37.1 Å². The number of para-hydroxylation sites is 1. The van der Waals surface area contributed by atoms with E-state index < -0.39 is 0 Å². The van der Waals surface area contributed by atoms with Gasteiger partial charge in [-0.1, -0.05) is 18.2 Å². The number of benzene rings is 1. The summed E-state index contributed by atoms with van der Waals surface area (Å²) in [6, 6.07) is 11.8. The number of carbonyl (C=O) groups is 1. The quantitative estimate of drug-likeness (QED) is 0.871. The van der Waals surface area contributed by atoms with Gasteiger partial charge in [0.15, 0.2) is 0 Å². The van der Waals surface area contributed by atoms with Crippen LogP contribution in [0.15, 0.2) is 48.8 Å². The molecule has 0 saturated carbocycles. The second kappa shape index (κ2) is 6.60. The van der Waals surface area contributed by atoms with Crippen LogP contribution in [0.4, 0.5) is 0 Å². The molecule has 1 aromatic heterocycles. The van der Waals surface area contributed by atoms with Crippen molar-refractivity contribution in [1.29, 1.82) is 0 Å². The van der Waals surface area contributed by atoms with Crippen molar-refractivity contribution in [3.05, 3.63) is 59.9 Å². The van der Waals surface area contributed by atoms with Crippen LogP contribution in [-0.4, -0.2) is 35.5 Å². The number of hydrogen-bond donors (Lipinski definition) is 0. The summed E-state index contributed by atoms with van der Waals surface area (Å²) < 4.78 is 5.42. The Morgan fingerprint density at radius 2 is 2.05 bits per heavy atom. The molecule has 2 heterocycles. The Hall–Kier alpha value is -2.36. The monoisotopic (exact) mass is 296 g/mol. The molecule has 0 bridgehead atoms. The first-order chi connectivity index (χ1) is 10.8. The van der Waals surface area contributed by atoms with Crippen molar-refractivity contribution in [2.45, 2.75) is 25.3 Å². The molecular formula is C18H20N2O2. The van der Waals surface area contributed by atoms with Gasteiger partial charge in [-0.15, -0.1) is 0 Å². The average molecular weight is 296 g/mol. The molecule has 1 amide bonds. The first-order valence-corrected chi connectivity index (χ1v) is 7.62. The molecule has 4 nitrogen and oxygen atoms in total. The van der Waals surface area contributed by atoms with Crippen LogP contribution < -0.4 is 4.74 Å². The molecule has 1 atom stereocenters. The van der Waals surface area contributed by atoms with Crippen LogP contribution in [-0.2, 0) is 6.42 Å². The maximum atomic E-state index is 12.7. The Balaban J connectivity index is 1.77. The fourth-order valence-electron chi connectivity index (χ4n) is 3.10. The van der Waals surface area contributed by atoms with Gasteiger partial charge >= 0.3 is 0 Å². The van der Waals surface area contributed by atoms with Crippen LogP contribution in [0.1, 0.15) is 28.8 Å². The number of rotatable bonds is 4. The molecule has 0 spiro atoms. The van der Waals surface area contributed by atoms with Gasteiger partial charge in [-0.25, -0.2) is 0 Å². The van der Waals surface area contributed by atoms with Crippen molar-refractivity contribution in [2.75, 3.05) is 13.7 Å². The minimum absolute atomic E-state index is 0.0970. The average Bonchev–Trinajstić information content (AvgIpc) is 3.03. The number of amides is 1. The SMILES string of the molecule is COc1ccccc1C[C@H]1CCCN1C(=O)c1ccncc1. The highest BCUT2D eigenvalue weighted by Crippen LogP contribution is 2.27. The third kappa shape index (κ3) is 2.96. The third-order valence-corrected chi connectivity index (χ3v) is 4.21. The summed E-state index contributed by atoms with van der Waals surface area (Å²) in [4.78, 5) is 18.6. The van der Waals surface area contributed by atoms with Gasteiger partial charge in [-0.3, -0.25) is 9.78 Å². The van der Waals surface area contributed by atoms with E-state index in [9.17, 15) is 4.79 Å². The van der Waals surface area contributed by atoms with E-state index in [-0.39, 0.29) is 11.9 Å². The van der Waals surface area contributed by atoms with Crippen molar-refractivity contribution >= 4 is 5.91 Å². The van der Waals surface area contributed by atoms with Gasteiger partial charge in [0, 0.05) is 30.5 Å². The fourth-order valence-corrected chi connectivity index (χ4v) is 3.10. The number of methoxy groups -OCH3 is 1. The Morgan fingerprint density at radius 3 is 2.82 bits per heavy atom. The van der Waals surface area contributed by atoms with Gasteiger partial charge in [-0.2, -0.15) is 0 Å². The molecule has 1 aromatic carbocycles. The van der Waals surface area contributed by atoms with Gasteiger partial charge in [0.2, 0.25) is 0 Å². The lowest BCUT2D eigenvalue weighted by atomic mass is 10.0. The lowest BCUT2D eigenvalue weighted by Gasteiger charge is -2.25. The molecule has 4 heteroatoms. The van der Waals surface area contributed by atoms with Crippen LogP contribution in [0.25, 0.3) is 0 Å². The predicted octanol–water partition coefficient (Wildman–Crippen LogP) is 2.94. The summed E-state index contributed by atoms with van der Waals surface area (Å²) in [5, 5.41) is 0. The van der Waals surface area contributed by atoms with Crippen molar-refractivity contribution in [2.24, 2.45) is 0 Å². The number of likely N-dealkylation sites (tertiary alicyclic amines) is 1. The van der Waals surface area contributed by atoms with Crippen molar-refractivity contribution in [3.63, 3.8) is 0 Å². The zero-order valence-electron chi connectivity index (χ0n) is 12.7. The summed E-state index contributed by atoms with van der Waals surface area (Å²) >= 11 is 0. The summed E-state index contributed by atoms with van der Waals surface area (Å²) in [7, 11) is 1.69. The molecule has 2 aromatic rings. The highest BCUT2D eigenvalue weighted by atomic mass is 16.5. The number of hydrogen-bond acceptors (Lipinski definition) is 3. The van der Waals surface area contributed by atoms with Crippen LogP contribution in [0.3, 0.4) is 0 Å². The van der Waals surface area contributed by atoms with E-state index in [1.807, 2.05) is 23.1 Å². The third-order valence-electron chi connectivity index (χ3n) is 4.21. The number of pyridine rings is 1. The zero-order chi connectivity index (χ0) is 15.4. The van der Waals surface area contributed by atoms with Crippen molar-refractivity contribution in [1.82, 2.24) is 9.88 Å². The molecule has 22 heavy (non-hydrogen) atoms. The van der Waals surface area contributed by atoms with Gasteiger partial charge < -0.3 is 9.64 Å². The number of aromatic nitrogens is 1. The lowest BCUT2D eigenvalue weighted by Crippen LogP contribution is -2.36. The standard InChI is InChI=1S/C18H20N2O2/c1-22-17-7-3-2-5-15(17)13-16-6-4-12-20(16)18(21)14-8-10-19-11-9-14/h2-3,5,7-11,16H,4,6,12-13H2,1H3/t16-/m1/s1. The Kier molecular flexibility index (Phi) is 4.37. The van der Waals surface area contributed by atoms with Crippen molar-refractivity contribution in [3.8, 4) is 5.75 Å². The maximum absolute atomic E-state index is 12.7. The van der Waals surface area contributed by atoms with Crippen LogP contribution in [0.2, 0.25) is 0 Å². The predicted molar refractivity (Wildman–Crippen MR) is 85.0 cm³/mol. The summed E-state index contributed by atoms with van der Waals surface area (Å²) in [5.74, 6) is 0.991. The van der Waals surface area contributed by atoms with E-state index in [2.05, 4.69) is 11.1 Å². The van der Waals surface area contributed by atoms with Crippen LogP contribution in [0.5, 0.6) is 5.75 Å². The molecule has 0 unspecified atom stereocenters. The molecule has 1 fully saturated rings. The Labute approximate surface area is 130 Å². The van der Waals surface area contributed by atoms with Gasteiger partial charge in [0.25, 0.3) is 5.91 Å². The fraction of sp³-hybridized carbons (Fsp3) is 0.333. The largest absolute Gasteiger partial charge is 0.496 e. The van der Waals surface area contributed by atoms with E-state index in [1.165, 1.54) is 0 Å². The molecule has 3 rings (SSSR count). The number of nitrogens with zero attached hydrogens (tertiary/aromatic N) is 2. The molecule has 0 radical (unpaired) electrons. The summed E-state index contributed by atoms with van der Waals surface area (Å²) in [6.07, 6.45) is 6.25. The van der Waals surface area contributed by atoms with E-state index in [4.69, 9.17) is 4.74 Å². The molecule has 0 aliphatic carbocycles. The molecule has 0 N–H and O–H groups in total. The van der Waals surface area contributed by atoms with Gasteiger partial charge in [0.05, 0.1) is 7.11 Å². The molecule has 1 aliphatic heterocycles. The zero-order valence-corrected chi connectivity index (χ0v) is 12.7. The maximum Gasteiger partial charge on any atom is 0.254 e. The normalized spacial score (nSPS) is 17.5. The number of carbonyl (C=O) groups excluding carboxylic acids is 1. The van der Waals surface area contributed by atoms with E-state index in [1.54, 1.807) is 31.6 Å². The Bertz CT molecular complexity index is 643. The number of ether oxygens (including phenoxy) is 1. The highest BCUT2D eigenvalue weighted by Gasteiger charge is 2.30. The topological polar surface area (TPSA) is 42.4 Å². The van der Waals surface area contributed by atoms with Crippen LogP contribution >= 0.6 is 0 Å². The van der Waals surface area contributed by atoms with Gasteiger partial charge in [0.1, 0.15) is 5.75 Å². The first kappa shape index (κ1) is 14.6. The van der Waals surface area contributed by atoms with E-state index >= 15 is 0 Å². The molecule has 1 aliphatic rings. The van der Waals surface area contributed by atoms with Gasteiger partial charge in [-0.05, 0) is 43.0 Å². The summed E-state index contributed by atoms with van der Waals surface area (Å²) in [6.45, 7) is 0.820. The molecule has 114 valence electrons.